The van der Waals surface area contributed by atoms with Crippen molar-refractivity contribution >= 4 is 0 Å². The molecule has 0 aliphatic heterocycles. The number of benzene rings is 2. The Hall–Kier alpha value is -2.61. The summed E-state index contributed by atoms with van der Waals surface area (Å²) >= 11 is 0. The van der Waals surface area contributed by atoms with Gasteiger partial charge in [0.1, 0.15) is 5.75 Å². The number of ether oxygens (including phenoxy) is 1. The molecule has 0 unspecified atom stereocenters. The monoisotopic (exact) mass is 401 g/mol. The Kier molecular flexibility index (Phi) is 8.96. The van der Waals surface area contributed by atoms with E-state index >= 15 is 0 Å². The smallest absolute Gasteiger partial charge is 0.119 e. The fourth-order valence-corrected chi connectivity index (χ4v) is 3.60. The van der Waals surface area contributed by atoms with Crippen molar-refractivity contribution in [1.29, 1.82) is 0 Å². The number of aryl methyl sites for hydroxylation is 3. The molecule has 3 aromatic rings. The SMILES string of the molecule is CCCCCCc1ccc(-c2ccc(CCc3ccc(OCCC)cc3)cn2)cc1. The first kappa shape index (κ1) is 22.1. The standard InChI is InChI=1S/C28H35NO/c1-3-5-6-7-8-23-11-16-26(17-12-23)28-20-15-25(22-29-28)10-9-24-13-18-27(19-14-24)30-21-4-2/h11-20,22H,3-10,21H2,1-2H3. The Bertz CT molecular complexity index is 851. The zero-order valence-electron chi connectivity index (χ0n) is 18.6. The van der Waals surface area contributed by atoms with E-state index in [1.54, 1.807) is 0 Å². The minimum absolute atomic E-state index is 0.777. The molecule has 0 atom stereocenters. The fraction of sp³-hybridized carbons (Fsp3) is 0.393. The second-order valence-corrected chi connectivity index (χ2v) is 8.05. The molecule has 0 amide bonds. The van der Waals surface area contributed by atoms with E-state index < -0.39 is 0 Å². The predicted molar refractivity (Wildman–Crippen MR) is 127 cm³/mol. The lowest BCUT2D eigenvalue weighted by molar-refractivity contribution is 0.317. The van der Waals surface area contributed by atoms with Crippen molar-refractivity contribution in [2.75, 3.05) is 6.61 Å². The summed E-state index contributed by atoms with van der Waals surface area (Å²) in [6.07, 6.45) is 11.5. The minimum Gasteiger partial charge on any atom is -0.494 e. The summed E-state index contributed by atoms with van der Waals surface area (Å²) in [6, 6.07) is 21.7. The highest BCUT2D eigenvalue weighted by molar-refractivity contribution is 5.59. The molecule has 158 valence electrons. The maximum atomic E-state index is 5.65. The van der Waals surface area contributed by atoms with E-state index in [9.17, 15) is 0 Å². The van der Waals surface area contributed by atoms with Crippen LogP contribution in [-0.2, 0) is 19.3 Å². The normalized spacial score (nSPS) is 10.9. The van der Waals surface area contributed by atoms with E-state index in [0.29, 0.717) is 0 Å². The van der Waals surface area contributed by atoms with Crippen molar-refractivity contribution in [3.8, 4) is 17.0 Å². The summed E-state index contributed by atoms with van der Waals surface area (Å²) in [7, 11) is 0. The van der Waals surface area contributed by atoms with Gasteiger partial charge in [-0.2, -0.15) is 0 Å². The van der Waals surface area contributed by atoms with Crippen LogP contribution in [-0.4, -0.2) is 11.6 Å². The largest absolute Gasteiger partial charge is 0.494 e. The molecule has 1 aromatic heterocycles. The van der Waals surface area contributed by atoms with Gasteiger partial charge in [-0.3, -0.25) is 4.98 Å². The summed E-state index contributed by atoms with van der Waals surface area (Å²) in [5.74, 6) is 0.957. The average molecular weight is 402 g/mol. The minimum atomic E-state index is 0.777. The molecule has 3 rings (SSSR count). The van der Waals surface area contributed by atoms with Gasteiger partial charge in [-0.05, 0) is 67.0 Å². The molecule has 0 N–H and O–H groups in total. The van der Waals surface area contributed by atoms with Crippen LogP contribution < -0.4 is 4.74 Å². The summed E-state index contributed by atoms with van der Waals surface area (Å²) in [4.78, 5) is 4.71. The van der Waals surface area contributed by atoms with Gasteiger partial charge in [0.2, 0.25) is 0 Å². The Morgan fingerprint density at radius 3 is 1.97 bits per heavy atom. The number of aromatic nitrogens is 1. The van der Waals surface area contributed by atoms with Crippen LogP contribution in [0.15, 0.2) is 66.9 Å². The number of nitrogens with zero attached hydrogens (tertiary/aromatic N) is 1. The number of hydrogen-bond donors (Lipinski definition) is 0. The molecular weight excluding hydrogens is 366 g/mol. The Balaban J connectivity index is 1.49. The summed E-state index contributed by atoms with van der Waals surface area (Å²) in [5.41, 5.74) is 6.28. The number of rotatable bonds is 12. The van der Waals surface area contributed by atoms with Crippen molar-refractivity contribution in [3.05, 3.63) is 83.6 Å². The van der Waals surface area contributed by atoms with E-state index in [2.05, 4.69) is 74.5 Å². The van der Waals surface area contributed by atoms with Gasteiger partial charge in [0.15, 0.2) is 0 Å². The highest BCUT2D eigenvalue weighted by Gasteiger charge is 2.02. The highest BCUT2D eigenvalue weighted by Crippen LogP contribution is 2.20. The molecule has 30 heavy (non-hydrogen) atoms. The zero-order valence-corrected chi connectivity index (χ0v) is 18.6. The van der Waals surface area contributed by atoms with Gasteiger partial charge in [0.05, 0.1) is 12.3 Å². The Labute approximate surface area is 182 Å². The molecule has 2 aromatic carbocycles. The summed E-state index contributed by atoms with van der Waals surface area (Å²) < 4.78 is 5.65. The van der Waals surface area contributed by atoms with E-state index in [1.807, 2.05) is 6.20 Å². The lowest BCUT2D eigenvalue weighted by atomic mass is 10.0. The maximum absolute atomic E-state index is 5.65. The van der Waals surface area contributed by atoms with Crippen LogP contribution >= 0.6 is 0 Å². The molecule has 0 spiro atoms. The van der Waals surface area contributed by atoms with Crippen molar-refractivity contribution in [1.82, 2.24) is 4.98 Å². The molecule has 1 heterocycles. The first-order chi connectivity index (χ1) is 14.8. The fourth-order valence-electron chi connectivity index (χ4n) is 3.60. The van der Waals surface area contributed by atoms with Crippen LogP contribution in [0.4, 0.5) is 0 Å². The number of hydrogen-bond acceptors (Lipinski definition) is 2. The quantitative estimate of drug-likeness (QED) is 0.294. The van der Waals surface area contributed by atoms with Gasteiger partial charge < -0.3 is 4.74 Å². The van der Waals surface area contributed by atoms with Crippen LogP contribution in [0, 0.1) is 0 Å². The van der Waals surface area contributed by atoms with Gasteiger partial charge in [-0.1, -0.05) is 75.6 Å². The maximum Gasteiger partial charge on any atom is 0.119 e. The predicted octanol–water partition coefficient (Wildman–Crippen LogP) is 7.45. The van der Waals surface area contributed by atoms with Gasteiger partial charge in [0.25, 0.3) is 0 Å². The third kappa shape index (κ3) is 7.02. The molecule has 0 radical (unpaired) electrons. The number of unbranched alkanes of at least 4 members (excludes halogenated alkanes) is 3. The van der Waals surface area contributed by atoms with Crippen molar-refractivity contribution < 1.29 is 4.74 Å². The molecular formula is C28H35NO. The van der Waals surface area contributed by atoms with Crippen LogP contribution in [0.5, 0.6) is 5.75 Å². The first-order valence-electron chi connectivity index (χ1n) is 11.5. The molecule has 0 aliphatic carbocycles. The van der Waals surface area contributed by atoms with E-state index in [1.165, 1.54) is 54.4 Å². The van der Waals surface area contributed by atoms with Crippen LogP contribution in [0.1, 0.15) is 62.6 Å². The third-order valence-corrected chi connectivity index (χ3v) is 5.49. The van der Waals surface area contributed by atoms with Crippen LogP contribution in [0.2, 0.25) is 0 Å². The second kappa shape index (κ2) is 12.2. The first-order valence-corrected chi connectivity index (χ1v) is 11.5. The lowest BCUT2D eigenvalue weighted by Crippen LogP contribution is -1.96. The van der Waals surface area contributed by atoms with Crippen molar-refractivity contribution in [3.63, 3.8) is 0 Å². The number of pyridine rings is 1. The zero-order chi connectivity index (χ0) is 21.0. The van der Waals surface area contributed by atoms with E-state index in [0.717, 1.165) is 37.3 Å². The van der Waals surface area contributed by atoms with Crippen LogP contribution in [0.3, 0.4) is 0 Å². The summed E-state index contributed by atoms with van der Waals surface area (Å²) in [6.45, 7) is 5.16. The molecule has 0 saturated heterocycles. The topological polar surface area (TPSA) is 22.1 Å². The van der Waals surface area contributed by atoms with Gasteiger partial charge in [-0.15, -0.1) is 0 Å². The van der Waals surface area contributed by atoms with Crippen molar-refractivity contribution in [2.45, 2.75) is 65.2 Å². The van der Waals surface area contributed by atoms with Gasteiger partial charge >= 0.3 is 0 Å². The summed E-state index contributed by atoms with van der Waals surface area (Å²) in [5, 5.41) is 0. The molecule has 2 heteroatoms. The molecule has 0 aliphatic rings. The molecule has 2 nitrogen and oxygen atoms in total. The van der Waals surface area contributed by atoms with E-state index in [-0.39, 0.29) is 0 Å². The van der Waals surface area contributed by atoms with Gasteiger partial charge in [0, 0.05) is 11.8 Å². The van der Waals surface area contributed by atoms with Crippen molar-refractivity contribution in [2.24, 2.45) is 0 Å². The highest BCUT2D eigenvalue weighted by atomic mass is 16.5. The molecule has 0 fully saturated rings. The van der Waals surface area contributed by atoms with E-state index in [4.69, 9.17) is 9.72 Å². The lowest BCUT2D eigenvalue weighted by Gasteiger charge is -2.07. The Morgan fingerprint density at radius 2 is 1.30 bits per heavy atom. The molecule has 0 saturated carbocycles. The molecule has 0 bridgehead atoms. The van der Waals surface area contributed by atoms with Gasteiger partial charge in [-0.25, -0.2) is 0 Å². The average Bonchev–Trinajstić information content (AvgIpc) is 2.81. The van der Waals surface area contributed by atoms with Crippen LogP contribution in [0.25, 0.3) is 11.3 Å². The third-order valence-electron chi connectivity index (χ3n) is 5.49. The second-order valence-electron chi connectivity index (χ2n) is 8.05. The Morgan fingerprint density at radius 1 is 0.633 bits per heavy atom.